The van der Waals surface area contributed by atoms with Crippen molar-refractivity contribution in [2.24, 2.45) is 0 Å². The van der Waals surface area contributed by atoms with Gasteiger partial charge in [0.1, 0.15) is 18.3 Å². The highest BCUT2D eigenvalue weighted by Gasteiger charge is 2.48. The van der Waals surface area contributed by atoms with E-state index in [-0.39, 0.29) is 51.2 Å². The fraction of sp³-hybridized carbons (Fsp3) is 0.913. The molecule has 0 aromatic carbocycles. The molecule has 0 aromatic rings. The van der Waals surface area contributed by atoms with Gasteiger partial charge in [-0.05, 0) is 26.7 Å². The van der Waals surface area contributed by atoms with Gasteiger partial charge < -0.3 is 38.3 Å². The minimum atomic E-state index is -0.956. The zero-order valence-electron chi connectivity index (χ0n) is 20.3. The molecule has 0 spiro atoms. The standard InChI is InChI=1S/C23H40O10/c1-5-12-27-19(25)7-9-22(3)30-15-17(32-22)21(29-14-11-24)18-16-31-23(4,33-18)10-8-20(26)28-13-6-2/h17-18,21,24H,5-16H2,1-4H3. The quantitative estimate of drug-likeness (QED) is 0.352. The second-order valence-electron chi connectivity index (χ2n) is 8.70. The first-order valence-corrected chi connectivity index (χ1v) is 11.9. The maximum Gasteiger partial charge on any atom is 0.305 e. The Morgan fingerprint density at radius 2 is 1.33 bits per heavy atom. The van der Waals surface area contributed by atoms with Crippen molar-refractivity contribution in [2.45, 2.75) is 96.1 Å². The fourth-order valence-corrected chi connectivity index (χ4v) is 3.76. The van der Waals surface area contributed by atoms with Gasteiger partial charge >= 0.3 is 11.9 Å². The van der Waals surface area contributed by atoms with Crippen LogP contribution < -0.4 is 0 Å². The van der Waals surface area contributed by atoms with Gasteiger partial charge in [-0.1, -0.05) is 13.8 Å². The summed E-state index contributed by atoms with van der Waals surface area (Å²) in [6.07, 6.45) is 1.09. The normalized spacial score (nSPS) is 30.3. The predicted molar refractivity (Wildman–Crippen MR) is 116 cm³/mol. The first-order valence-electron chi connectivity index (χ1n) is 11.9. The fourth-order valence-electron chi connectivity index (χ4n) is 3.76. The number of rotatable bonds is 15. The second kappa shape index (κ2) is 13.6. The van der Waals surface area contributed by atoms with E-state index in [9.17, 15) is 14.7 Å². The summed E-state index contributed by atoms with van der Waals surface area (Å²) >= 11 is 0. The van der Waals surface area contributed by atoms with Gasteiger partial charge in [-0.3, -0.25) is 9.59 Å². The lowest BCUT2D eigenvalue weighted by Gasteiger charge is -2.30. The van der Waals surface area contributed by atoms with Crippen LogP contribution in [0.3, 0.4) is 0 Å². The van der Waals surface area contributed by atoms with Crippen LogP contribution in [-0.4, -0.2) is 86.6 Å². The molecule has 0 amide bonds. The van der Waals surface area contributed by atoms with Crippen LogP contribution in [0, 0.1) is 0 Å². The molecule has 33 heavy (non-hydrogen) atoms. The molecule has 2 saturated heterocycles. The Hall–Kier alpha value is -1.30. The van der Waals surface area contributed by atoms with Crippen LogP contribution in [-0.2, 0) is 42.7 Å². The zero-order valence-corrected chi connectivity index (χ0v) is 20.3. The molecule has 10 heteroatoms. The van der Waals surface area contributed by atoms with Gasteiger partial charge in [-0.2, -0.15) is 0 Å². The zero-order chi connectivity index (χ0) is 24.3. The van der Waals surface area contributed by atoms with Gasteiger partial charge in [0.25, 0.3) is 0 Å². The molecule has 0 saturated carbocycles. The molecule has 0 aromatic heterocycles. The van der Waals surface area contributed by atoms with Crippen LogP contribution in [0.15, 0.2) is 0 Å². The third-order valence-electron chi connectivity index (χ3n) is 5.54. The van der Waals surface area contributed by atoms with Crippen LogP contribution in [0.4, 0.5) is 0 Å². The lowest BCUT2D eigenvalue weighted by atomic mass is 10.1. The Balaban J connectivity index is 1.91. The van der Waals surface area contributed by atoms with Gasteiger partial charge in [0, 0.05) is 12.8 Å². The van der Waals surface area contributed by atoms with Gasteiger partial charge in [0.15, 0.2) is 11.6 Å². The molecule has 0 radical (unpaired) electrons. The lowest BCUT2D eigenvalue weighted by molar-refractivity contribution is -0.205. The molecule has 0 bridgehead atoms. The van der Waals surface area contributed by atoms with E-state index in [0.29, 0.717) is 26.1 Å². The summed E-state index contributed by atoms with van der Waals surface area (Å²) in [5, 5.41) is 9.27. The van der Waals surface area contributed by atoms with Crippen molar-refractivity contribution in [3.05, 3.63) is 0 Å². The molecule has 2 heterocycles. The molecule has 2 aliphatic heterocycles. The number of aliphatic hydroxyl groups excluding tert-OH is 1. The Morgan fingerprint density at radius 3 is 1.73 bits per heavy atom. The summed E-state index contributed by atoms with van der Waals surface area (Å²) < 4.78 is 40.1. The highest BCUT2D eigenvalue weighted by atomic mass is 16.8. The number of ether oxygens (including phenoxy) is 7. The largest absolute Gasteiger partial charge is 0.466 e. The van der Waals surface area contributed by atoms with Crippen LogP contribution in [0.1, 0.15) is 66.2 Å². The molecular formula is C23H40O10. The van der Waals surface area contributed by atoms with Crippen LogP contribution in [0.2, 0.25) is 0 Å². The highest BCUT2D eigenvalue weighted by molar-refractivity contribution is 5.69. The molecule has 2 aliphatic rings. The van der Waals surface area contributed by atoms with E-state index in [1.807, 2.05) is 13.8 Å². The first kappa shape index (κ1) is 27.9. The molecule has 2 rings (SSSR count). The summed E-state index contributed by atoms with van der Waals surface area (Å²) in [5.74, 6) is -2.49. The summed E-state index contributed by atoms with van der Waals surface area (Å²) in [5.41, 5.74) is 0. The third-order valence-corrected chi connectivity index (χ3v) is 5.54. The van der Waals surface area contributed by atoms with E-state index < -0.39 is 29.9 Å². The minimum absolute atomic E-state index is 0.102. The number of carbonyl (C=O) groups is 2. The predicted octanol–water partition coefficient (Wildman–Crippen LogP) is 2.09. The molecule has 4 atom stereocenters. The maximum atomic E-state index is 11.9. The lowest BCUT2D eigenvalue weighted by Crippen LogP contribution is -2.45. The summed E-state index contributed by atoms with van der Waals surface area (Å²) in [4.78, 5) is 23.7. The van der Waals surface area contributed by atoms with Crippen LogP contribution >= 0.6 is 0 Å². The maximum absolute atomic E-state index is 11.9. The van der Waals surface area contributed by atoms with Gasteiger partial charge in [0.2, 0.25) is 0 Å². The molecule has 2 fully saturated rings. The van der Waals surface area contributed by atoms with Crippen molar-refractivity contribution >= 4 is 11.9 Å². The number of carbonyl (C=O) groups excluding carboxylic acids is 2. The molecule has 4 unspecified atom stereocenters. The van der Waals surface area contributed by atoms with E-state index in [1.165, 1.54) is 0 Å². The number of hydrogen-bond donors (Lipinski definition) is 1. The van der Waals surface area contributed by atoms with Gasteiger partial charge in [-0.25, -0.2) is 0 Å². The van der Waals surface area contributed by atoms with E-state index in [0.717, 1.165) is 12.8 Å². The molecule has 1 N–H and O–H groups in total. The average molecular weight is 477 g/mol. The summed E-state index contributed by atoms with van der Waals surface area (Å²) in [6, 6.07) is 0. The highest BCUT2D eigenvalue weighted by Crippen LogP contribution is 2.36. The Bertz CT molecular complexity index is 566. The van der Waals surface area contributed by atoms with Gasteiger partial charge in [0.05, 0.1) is 52.5 Å². The van der Waals surface area contributed by atoms with Crippen molar-refractivity contribution in [3.8, 4) is 0 Å². The molecule has 0 aliphatic carbocycles. The van der Waals surface area contributed by atoms with E-state index in [2.05, 4.69) is 0 Å². The number of aliphatic hydroxyl groups is 1. The van der Waals surface area contributed by atoms with Crippen molar-refractivity contribution in [3.63, 3.8) is 0 Å². The first-order chi connectivity index (χ1) is 15.7. The minimum Gasteiger partial charge on any atom is -0.466 e. The van der Waals surface area contributed by atoms with Crippen molar-refractivity contribution < 1.29 is 47.9 Å². The Labute approximate surface area is 196 Å². The molecule has 10 nitrogen and oxygen atoms in total. The van der Waals surface area contributed by atoms with Crippen LogP contribution in [0.5, 0.6) is 0 Å². The van der Waals surface area contributed by atoms with Crippen LogP contribution in [0.25, 0.3) is 0 Å². The summed E-state index contributed by atoms with van der Waals surface area (Å²) in [6.45, 7) is 8.66. The monoisotopic (exact) mass is 476 g/mol. The molecule has 192 valence electrons. The number of esters is 2. The van der Waals surface area contributed by atoms with Gasteiger partial charge in [-0.15, -0.1) is 0 Å². The summed E-state index contributed by atoms with van der Waals surface area (Å²) in [7, 11) is 0. The van der Waals surface area contributed by atoms with E-state index >= 15 is 0 Å². The average Bonchev–Trinajstić information content (AvgIpc) is 3.38. The Morgan fingerprint density at radius 1 is 0.879 bits per heavy atom. The van der Waals surface area contributed by atoms with E-state index in [4.69, 9.17) is 33.2 Å². The SMILES string of the molecule is CCCOC(=O)CCC1(C)OCC(C(OCCO)C2COC(C)(CCC(=O)OCCC)O2)O1. The van der Waals surface area contributed by atoms with E-state index in [1.54, 1.807) is 13.8 Å². The van der Waals surface area contributed by atoms with Crippen molar-refractivity contribution in [1.82, 2.24) is 0 Å². The van der Waals surface area contributed by atoms with Crippen molar-refractivity contribution in [2.75, 3.05) is 39.6 Å². The second-order valence-corrected chi connectivity index (χ2v) is 8.70. The topological polar surface area (TPSA) is 119 Å². The van der Waals surface area contributed by atoms with Crippen molar-refractivity contribution in [1.29, 1.82) is 0 Å². The smallest absolute Gasteiger partial charge is 0.305 e. The molecular weight excluding hydrogens is 436 g/mol. The number of hydrogen-bond acceptors (Lipinski definition) is 10. The third kappa shape index (κ3) is 9.11. The Kier molecular flexibility index (Phi) is 11.5.